The van der Waals surface area contributed by atoms with Gasteiger partial charge in [-0.2, -0.15) is 0 Å². The highest BCUT2D eigenvalue weighted by atomic mass is 16.5. The number of carboxylic acids is 1. The van der Waals surface area contributed by atoms with Gasteiger partial charge in [0.2, 0.25) is 0 Å². The number of rotatable bonds is 6. The Hall–Kier alpha value is -2.95. The number of benzene rings is 2. The third-order valence-corrected chi connectivity index (χ3v) is 3.95. The molecule has 0 aliphatic heterocycles. The summed E-state index contributed by atoms with van der Waals surface area (Å²) < 4.78 is 16.0. The largest absolute Gasteiger partial charge is 0.496 e. The summed E-state index contributed by atoms with van der Waals surface area (Å²) in [7, 11) is 4.59. The first-order valence-corrected chi connectivity index (χ1v) is 7.73. The molecule has 5 heteroatoms. The summed E-state index contributed by atoms with van der Waals surface area (Å²) in [5, 5.41) is 9.73. The molecule has 25 heavy (non-hydrogen) atoms. The second kappa shape index (κ2) is 7.75. The minimum atomic E-state index is -1.01. The summed E-state index contributed by atoms with van der Waals surface area (Å²) in [6.07, 6.45) is 1.59. The molecule has 0 aromatic heterocycles. The van der Waals surface area contributed by atoms with Crippen molar-refractivity contribution in [2.24, 2.45) is 0 Å². The summed E-state index contributed by atoms with van der Waals surface area (Å²) >= 11 is 0. The summed E-state index contributed by atoms with van der Waals surface area (Å²) in [5.41, 5.74) is 3.33. The Morgan fingerprint density at radius 2 is 1.52 bits per heavy atom. The molecule has 132 valence electrons. The van der Waals surface area contributed by atoms with E-state index in [1.54, 1.807) is 18.2 Å². The fourth-order valence-corrected chi connectivity index (χ4v) is 2.60. The Labute approximate surface area is 147 Å². The lowest BCUT2D eigenvalue weighted by Crippen LogP contribution is -2.03. The SMILES string of the molecule is COc1cc(OC)c(OC)cc1/C=C(\C(=O)O)c1cc(C)ccc1C. The molecule has 0 amide bonds. The van der Waals surface area contributed by atoms with Crippen molar-refractivity contribution in [3.05, 3.63) is 52.6 Å². The molecule has 1 N–H and O–H groups in total. The van der Waals surface area contributed by atoms with E-state index in [1.807, 2.05) is 32.0 Å². The number of ether oxygens (including phenoxy) is 3. The predicted molar refractivity (Wildman–Crippen MR) is 97.5 cm³/mol. The van der Waals surface area contributed by atoms with E-state index in [4.69, 9.17) is 14.2 Å². The number of carboxylic acid groups (broad SMARTS) is 1. The minimum absolute atomic E-state index is 0.187. The minimum Gasteiger partial charge on any atom is -0.496 e. The van der Waals surface area contributed by atoms with Gasteiger partial charge in [0.15, 0.2) is 11.5 Å². The molecule has 0 bridgehead atoms. The zero-order valence-corrected chi connectivity index (χ0v) is 15.0. The predicted octanol–water partition coefficient (Wildman–Crippen LogP) is 3.95. The van der Waals surface area contributed by atoms with Crippen LogP contribution in [0.1, 0.15) is 22.3 Å². The number of methoxy groups -OCH3 is 3. The van der Waals surface area contributed by atoms with E-state index < -0.39 is 5.97 Å². The molecule has 2 aromatic rings. The maximum atomic E-state index is 11.9. The molecule has 0 saturated heterocycles. The molecule has 0 atom stereocenters. The van der Waals surface area contributed by atoms with Crippen molar-refractivity contribution in [1.29, 1.82) is 0 Å². The lowest BCUT2D eigenvalue weighted by Gasteiger charge is -2.14. The fraction of sp³-hybridized carbons (Fsp3) is 0.250. The van der Waals surface area contributed by atoms with Gasteiger partial charge < -0.3 is 19.3 Å². The zero-order valence-electron chi connectivity index (χ0n) is 15.0. The number of aliphatic carboxylic acids is 1. The smallest absolute Gasteiger partial charge is 0.336 e. The topological polar surface area (TPSA) is 65.0 Å². The number of carbonyl (C=O) groups is 1. The highest BCUT2D eigenvalue weighted by Crippen LogP contribution is 2.36. The van der Waals surface area contributed by atoms with Crippen molar-refractivity contribution < 1.29 is 24.1 Å². The van der Waals surface area contributed by atoms with E-state index in [0.717, 1.165) is 11.1 Å². The third-order valence-electron chi connectivity index (χ3n) is 3.95. The van der Waals surface area contributed by atoms with E-state index >= 15 is 0 Å². The van der Waals surface area contributed by atoms with Gasteiger partial charge in [0.05, 0.1) is 26.9 Å². The van der Waals surface area contributed by atoms with E-state index in [2.05, 4.69) is 0 Å². The molecule has 0 fully saturated rings. The third kappa shape index (κ3) is 3.94. The summed E-state index contributed by atoms with van der Waals surface area (Å²) in [6.45, 7) is 3.82. The highest BCUT2D eigenvalue weighted by molar-refractivity contribution is 6.21. The van der Waals surface area contributed by atoms with E-state index in [1.165, 1.54) is 21.3 Å². The van der Waals surface area contributed by atoms with Crippen LogP contribution in [0.25, 0.3) is 11.6 Å². The Bertz CT molecular complexity index is 821. The monoisotopic (exact) mass is 342 g/mol. The molecule has 2 rings (SSSR count). The lowest BCUT2D eigenvalue weighted by molar-refractivity contribution is -0.130. The molecule has 5 nitrogen and oxygen atoms in total. The first-order chi connectivity index (χ1) is 11.9. The summed E-state index contributed by atoms with van der Waals surface area (Å²) in [6, 6.07) is 9.10. The van der Waals surface area contributed by atoms with Crippen LogP contribution in [0.5, 0.6) is 17.2 Å². The Balaban J connectivity index is 2.69. The van der Waals surface area contributed by atoms with Gasteiger partial charge in [-0.05, 0) is 37.1 Å². The standard InChI is InChI=1S/C20H22O5/c1-12-6-7-13(2)15(8-12)16(20(21)22)9-14-10-18(24-4)19(25-5)11-17(14)23-3/h6-11H,1-5H3,(H,21,22)/b16-9-. The van der Waals surface area contributed by atoms with Crippen molar-refractivity contribution in [3.63, 3.8) is 0 Å². The fourth-order valence-electron chi connectivity index (χ4n) is 2.60. The van der Waals surface area contributed by atoms with Gasteiger partial charge >= 0.3 is 5.97 Å². The quantitative estimate of drug-likeness (QED) is 0.636. The Morgan fingerprint density at radius 1 is 0.920 bits per heavy atom. The van der Waals surface area contributed by atoms with E-state index in [9.17, 15) is 9.90 Å². The number of aryl methyl sites for hydroxylation is 2. The summed E-state index contributed by atoms with van der Waals surface area (Å²) in [5.74, 6) is 0.507. The van der Waals surface area contributed by atoms with E-state index in [-0.39, 0.29) is 5.57 Å². The Morgan fingerprint density at radius 3 is 2.08 bits per heavy atom. The van der Waals surface area contributed by atoms with Gasteiger partial charge in [0.1, 0.15) is 5.75 Å². The molecule has 0 radical (unpaired) electrons. The van der Waals surface area contributed by atoms with Crippen molar-refractivity contribution in [2.45, 2.75) is 13.8 Å². The van der Waals surface area contributed by atoms with Crippen LogP contribution in [0.4, 0.5) is 0 Å². The number of hydrogen-bond acceptors (Lipinski definition) is 4. The van der Waals surface area contributed by atoms with Gasteiger partial charge in [0.25, 0.3) is 0 Å². The van der Waals surface area contributed by atoms with Crippen molar-refractivity contribution in [3.8, 4) is 17.2 Å². The van der Waals surface area contributed by atoms with Crippen LogP contribution in [0.15, 0.2) is 30.3 Å². The first-order valence-electron chi connectivity index (χ1n) is 7.73. The lowest BCUT2D eigenvalue weighted by atomic mass is 9.96. The van der Waals surface area contributed by atoms with E-state index in [0.29, 0.717) is 28.4 Å². The van der Waals surface area contributed by atoms with Crippen LogP contribution in [-0.4, -0.2) is 32.4 Å². The molecule has 0 spiro atoms. The zero-order chi connectivity index (χ0) is 18.6. The van der Waals surface area contributed by atoms with Crippen LogP contribution in [-0.2, 0) is 4.79 Å². The van der Waals surface area contributed by atoms with Crippen molar-refractivity contribution in [1.82, 2.24) is 0 Å². The van der Waals surface area contributed by atoms with Gasteiger partial charge in [-0.25, -0.2) is 4.79 Å². The second-order valence-corrected chi connectivity index (χ2v) is 5.63. The average molecular weight is 342 g/mol. The molecule has 0 unspecified atom stereocenters. The second-order valence-electron chi connectivity index (χ2n) is 5.63. The van der Waals surface area contributed by atoms with Gasteiger partial charge in [-0.15, -0.1) is 0 Å². The van der Waals surface area contributed by atoms with Crippen LogP contribution < -0.4 is 14.2 Å². The van der Waals surface area contributed by atoms with Gasteiger partial charge in [-0.1, -0.05) is 23.8 Å². The normalized spacial score (nSPS) is 11.2. The van der Waals surface area contributed by atoms with Crippen molar-refractivity contribution in [2.75, 3.05) is 21.3 Å². The Kier molecular flexibility index (Phi) is 5.70. The molecule has 0 aliphatic carbocycles. The van der Waals surface area contributed by atoms with Gasteiger partial charge in [-0.3, -0.25) is 0 Å². The number of hydrogen-bond donors (Lipinski definition) is 1. The molecule has 0 saturated carbocycles. The van der Waals surface area contributed by atoms with Crippen LogP contribution in [0.3, 0.4) is 0 Å². The van der Waals surface area contributed by atoms with Crippen LogP contribution >= 0.6 is 0 Å². The molecule has 0 aliphatic rings. The van der Waals surface area contributed by atoms with Crippen LogP contribution in [0.2, 0.25) is 0 Å². The van der Waals surface area contributed by atoms with Gasteiger partial charge in [0, 0.05) is 11.6 Å². The molecule has 0 heterocycles. The molecular weight excluding hydrogens is 320 g/mol. The van der Waals surface area contributed by atoms with Crippen molar-refractivity contribution >= 4 is 17.6 Å². The highest BCUT2D eigenvalue weighted by Gasteiger charge is 2.17. The summed E-state index contributed by atoms with van der Waals surface area (Å²) in [4.78, 5) is 11.9. The first kappa shape index (κ1) is 18.4. The maximum absolute atomic E-state index is 11.9. The van der Waals surface area contributed by atoms with Crippen LogP contribution in [0, 0.1) is 13.8 Å². The molecule has 2 aromatic carbocycles. The molecular formula is C20H22O5. The average Bonchev–Trinajstić information content (AvgIpc) is 2.60. The maximum Gasteiger partial charge on any atom is 0.336 e.